The number of ether oxygens (including phenoxy) is 1. The Kier molecular flexibility index (Phi) is 5.37. The van der Waals surface area contributed by atoms with Crippen molar-refractivity contribution in [3.05, 3.63) is 71.5 Å². The van der Waals surface area contributed by atoms with Crippen molar-refractivity contribution in [2.75, 3.05) is 0 Å². The lowest BCUT2D eigenvalue weighted by Crippen LogP contribution is -2.16. The molecule has 0 unspecified atom stereocenters. The third-order valence-electron chi connectivity index (χ3n) is 3.99. The molecule has 1 aromatic heterocycles. The van der Waals surface area contributed by atoms with Gasteiger partial charge in [0, 0.05) is 6.07 Å². The molecule has 0 aliphatic rings. The van der Waals surface area contributed by atoms with Crippen LogP contribution in [-0.4, -0.2) is 33.1 Å². The largest absolute Gasteiger partial charge is 0.522 e. The SMILES string of the molecule is NC(=O)c1cc(C(=O)O)nn1-c1cccc(-c2ccccc2COC(F)(F)F)c1. The summed E-state index contributed by atoms with van der Waals surface area (Å²) in [5.74, 6) is -2.22. The summed E-state index contributed by atoms with van der Waals surface area (Å²) < 4.78 is 42.3. The van der Waals surface area contributed by atoms with Crippen molar-refractivity contribution in [3.8, 4) is 16.8 Å². The molecule has 2 aromatic carbocycles. The fraction of sp³-hybridized carbons (Fsp3) is 0.105. The Bertz CT molecular complexity index is 1080. The van der Waals surface area contributed by atoms with Crippen LogP contribution in [0.3, 0.4) is 0 Å². The number of carboxylic acid groups (broad SMARTS) is 1. The minimum atomic E-state index is -4.77. The number of amides is 1. The maximum Gasteiger partial charge on any atom is 0.522 e. The van der Waals surface area contributed by atoms with E-state index in [0.29, 0.717) is 22.4 Å². The number of rotatable bonds is 6. The van der Waals surface area contributed by atoms with Crippen molar-refractivity contribution in [1.82, 2.24) is 9.78 Å². The molecule has 0 bridgehead atoms. The van der Waals surface area contributed by atoms with Gasteiger partial charge in [-0.1, -0.05) is 36.4 Å². The Labute approximate surface area is 162 Å². The second kappa shape index (κ2) is 7.76. The molecule has 0 aliphatic carbocycles. The average Bonchev–Trinajstić information content (AvgIpc) is 3.12. The molecular formula is C19H14F3N3O4. The molecule has 0 atom stereocenters. The molecule has 0 spiro atoms. The standard InChI is InChI=1S/C19H14F3N3O4/c20-19(21,22)29-10-12-4-1-2-7-14(12)11-5-3-6-13(8-11)25-16(17(23)26)9-15(24-25)18(27)28/h1-9H,10H2,(H2,23,26)(H,27,28). The second-order valence-electron chi connectivity index (χ2n) is 5.94. The summed E-state index contributed by atoms with van der Waals surface area (Å²) in [5, 5.41) is 13.0. The first-order chi connectivity index (χ1) is 13.7. The normalized spacial score (nSPS) is 11.4. The lowest BCUT2D eigenvalue weighted by molar-refractivity contribution is -0.330. The van der Waals surface area contributed by atoms with E-state index in [-0.39, 0.29) is 11.4 Å². The van der Waals surface area contributed by atoms with E-state index in [1.807, 2.05) is 0 Å². The second-order valence-corrected chi connectivity index (χ2v) is 5.94. The highest BCUT2D eigenvalue weighted by Crippen LogP contribution is 2.28. The predicted octanol–water partition coefficient (Wildman–Crippen LogP) is 3.37. The van der Waals surface area contributed by atoms with Gasteiger partial charge in [-0.3, -0.25) is 9.53 Å². The smallest absolute Gasteiger partial charge is 0.476 e. The van der Waals surface area contributed by atoms with Gasteiger partial charge >= 0.3 is 12.3 Å². The number of halogens is 3. The van der Waals surface area contributed by atoms with Crippen LogP contribution < -0.4 is 5.73 Å². The zero-order chi connectivity index (χ0) is 21.2. The molecule has 150 valence electrons. The molecule has 3 rings (SSSR count). The number of hydrogen-bond donors (Lipinski definition) is 2. The van der Waals surface area contributed by atoms with Crippen molar-refractivity contribution < 1.29 is 32.6 Å². The molecule has 0 saturated heterocycles. The van der Waals surface area contributed by atoms with E-state index in [1.54, 1.807) is 42.5 Å². The molecule has 0 fully saturated rings. The van der Waals surface area contributed by atoms with Crippen LogP contribution in [0, 0.1) is 0 Å². The molecule has 3 aromatic rings. The lowest BCUT2D eigenvalue weighted by Gasteiger charge is -2.13. The molecule has 0 aliphatic heterocycles. The minimum Gasteiger partial charge on any atom is -0.476 e. The van der Waals surface area contributed by atoms with Crippen LogP contribution in [0.2, 0.25) is 0 Å². The Morgan fingerprint density at radius 2 is 1.83 bits per heavy atom. The fourth-order valence-corrected chi connectivity index (χ4v) is 2.75. The van der Waals surface area contributed by atoms with E-state index in [4.69, 9.17) is 10.8 Å². The van der Waals surface area contributed by atoms with Gasteiger partial charge in [-0.2, -0.15) is 5.10 Å². The van der Waals surface area contributed by atoms with Gasteiger partial charge in [0.2, 0.25) is 0 Å². The van der Waals surface area contributed by atoms with Crippen molar-refractivity contribution in [2.45, 2.75) is 13.0 Å². The van der Waals surface area contributed by atoms with Crippen molar-refractivity contribution in [1.29, 1.82) is 0 Å². The van der Waals surface area contributed by atoms with E-state index in [0.717, 1.165) is 10.7 Å². The highest BCUT2D eigenvalue weighted by atomic mass is 19.4. The number of alkyl halides is 3. The molecule has 29 heavy (non-hydrogen) atoms. The van der Waals surface area contributed by atoms with Gasteiger partial charge < -0.3 is 10.8 Å². The molecular weight excluding hydrogens is 391 g/mol. The third-order valence-corrected chi connectivity index (χ3v) is 3.99. The van der Waals surface area contributed by atoms with Gasteiger partial charge in [0.25, 0.3) is 5.91 Å². The Morgan fingerprint density at radius 1 is 1.10 bits per heavy atom. The van der Waals surface area contributed by atoms with E-state index in [2.05, 4.69) is 9.84 Å². The van der Waals surface area contributed by atoms with Gasteiger partial charge in [-0.15, -0.1) is 13.2 Å². The number of carbonyl (C=O) groups excluding carboxylic acids is 1. The van der Waals surface area contributed by atoms with Crippen LogP contribution in [-0.2, 0) is 11.3 Å². The molecule has 10 heteroatoms. The summed E-state index contributed by atoms with van der Waals surface area (Å²) in [7, 11) is 0. The predicted molar refractivity (Wildman–Crippen MR) is 95.3 cm³/mol. The van der Waals surface area contributed by atoms with Gasteiger partial charge in [0.05, 0.1) is 12.3 Å². The third kappa shape index (κ3) is 4.61. The molecule has 1 amide bonds. The minimum absolute atomic E-state index is 0.145. The molecule has 3 N–H and O–H groups in total. The zero-order valence-corrected chi connectivity index (χ0v) is 14.7. The topological polar surface area (TPSA) is 107 Å². The van der Waals surface area contributed by atoms with Gasteiger partial charge in [-0.25, -0.2) is 9.48 Å². The number of carboxylic acids is 1. The number of carbonyl (C=O) groups is 2. The van der Waals surface area contributed by atoms with Crippen LogP contribution >= 0.6 is 0 Å². The zero-order valence-electron chi connectivity index (χ0n) is 14.7. The number of benzene rings is 2. The maximum absolute atomic E-state index is 12.4. The summed E-state index contributed by atoms with van der Waals surface area (Å²) in [6.07, 6.45) is -4.77. The highest BCUT2D eigenvalue weighted by Gasteiger charge is 2.29. The molecule has 1 heterocycles. The summed E-state index contributed by atoms with van der Waals surface area (Å²) in [6.45, 7) is -0.679. The average molecular weight is 405 g/mol. The number of nitrogens with two attached hydrogens (primary N) is 1. The number of hydrogen-bond acceptors (Lipinski definition) is 4. The van der Waals surface area contributed by atoms with Gasteiger partial charge in [0.15, 0.2) is 5.69 Å². The Balaban J connectivity index is 2.04. The summed E-state index contributed by atoms with van der Waals surface area (Å²) in [4.78, 5) is 22.8. The number of nitrogens with zero attached hydrogens (tertiary/aromatic N) is 2. The molecule has 0 radical (unpaired) electrons. The molecule has 7 nitrogen and oxygen atoms in total. The van der Waals surface area contributed by atoms with Crippen LogP contribution in [0.15, 0.2) is 54.6 Å². The lowest BCUT2D eigenvalue weighted by atomic mass is 9.99. The maximum atomic E-state index is 12.4. The summed E-state index contributed by atoms with van der Waals surface area (Å²) in [5.41, 5.74) is 6.39. The first-order valence-electron chi connectivity index (χ1n) is 8.18. The van der Waals surface area contributed by atoms with Crippen molar-refractivity contribution >= 4 is 11.9 Å². The summed E-state index contributed by atoms with van der Waals surface area (Å²) >= 11 is 0. The monoisotopic (exact) mass is 405 g/mol. The van der Waals surface area contributed by atoms with E-state index < -0.39 is 24.8 Å². The molecule has 0 saturated carbocycles. The first-order valence-corrected chi connectivity index (χ1v) is 8.18. The van der Waals surface area contributed by atoms with Crippen molar-refractivity contribution in [2.24, 2.45) is 5.73 Å². The highest BCUT2D eigenvalue weighted by molar-refractivity contribution is 5.95. The van der Waals surface area contributed by atoms with E-state index in [1.165, 1.54) is 6.07 Å². The van der Waals surface area contributed by atoms with Gasteiger partial charge in [-0.05, 0) is 28.8 Å². The van der Waals surface area contributed by atoms with E-state index >= 15 is 0 Å². The number of aromatic carboxylic acids is 1. The van der Waals surface area contributed by atoms with Crippen LogP contribution in [0.25, 0.3) is 16.8 Å². The summed E-state index contributed by atoms with van der Waals surface area (Å²) in [6, 6.07) is 13.8. The van der Waals surface area contributed by atoms with E-state index in [9.17, 15) is 22.8 Å². The fourth-order valence-electron chi connectivity index (χ4n) is 2.75. The van der Waals surface area contributed by atoms with Crippen LogP contribution in [0.4, 0.5) is 13.2 Å². The van der Waals surface area contributed by atoms with Crippen molar-refractivity contribution in [3.63, 3.8) is 0 Å². The number of aromatic nitrogens is 2. The van der Waals surface area contributed by atoms with Gasteiger partial charge in [0.1, 0.15) is 5.69 Å². The Morgan fingerprint density at radius 3 is 2.48 bits per heavy atom. The van der Waals surface area contributed by atoms with Crippen LogP contribution in [0.5, 0.6) is 0 Å². The number of primary amides is 1. The van der Waals surface area contributed by atoms with Crippen LogP contribution in [0.1, 0.15) is 26.5 Å². The first kappa shape index (κ1) is 20.1. The Hall–Kier alpha value is -3.66. The quantitative estimate of drug-likeness (QED) is 0.654.